The number of rotatable bonds is 10. The van der Waals surface area contributed by atoms with Crippen LogP contribution in [0.2, 0.25) is 0 Å². The number of nitrogens with two attached hydrogens (primary N) is 1. The SMILES string of the molecule is CCNC(=O)Nc1ccccc1CC[C@]1(O)CCC2=Cc3c(cnn3-c3ccc(F)cc3)C[C@@]21C.C[C@]12Cc3cnn(-c4ccc(F)cc4)c3C=C1CC[C@@]2(O)CCc1ccccc1N. The molecule has 0 unspecified atom stereocenters. The van der Waals surface area contributed by atoms with E-state index in [0.717, 1.165) is 88.5 Å². The van der Waals surface area contributed by atoms with E-state index in [1.165, 1.54) is 35.4 Å². The number of halogens is 2. The minimum absolute atomic E-state index is 0.227. The predicted molar refractivity (Wildman–Crippen MR) is 252 cm³/mol. The number of nitrogens with zero attached hydrogens (tertiary/aromatic N) is 4. The first-order valence-corrected chi connectivity index (χ1v) is 22.7. The standard InChI is InChI=1S/C28H31FN4O2.C25H26FN3O/c1-3-30-26(34)32-24-7-5-4-6-19(24)12-14-28(35)15-13-21-16-25-20(17-27(21,28)2)18-31-33(25)23-10-8-22(29)9-11-23;1-24-15-18-16-28-29(21-8-6-20(26)7-9-21)23(18)14-19(24)11-13-25(24,30)12-10-17-4-2-3-5-22(17)27/h4-11,16,18,35H,3,12-15,17H2,1-2H3,(H2,30,32,34);2-9,14,16,30H,10-13,15,27H2,1H3/t27-,28-;24-,25-/m00/s1. The van der Waals surface area contributed by atoms with Crippen LogP contribution in [-0.2, 0) is 25.7 Å². The van der Waals surface area contributed by atoms with E-state index in [1.807, 2.05) is 77.2 Å². The van der Waals surface area contributed by atoms with E-state index in [4.69, 9.17) is 5.73 Å². The van der Waals surface area contributed by atoms with Crippen molar-refractivity contribution in [2.75, 3.05) is 17.6 Å². The third-order valence-electron chi connectivity index (χ3n) is 15.0. The molecule has 2 saturated carbocycles. The Morgan fingerprint density at radius 3 is 1.65 bits per heavy atom. The largest absolute Gasteiger partial charge is 0.399 e. The fourth-order valence-electron chi connectivity index (χ4n) is 10.9. The first-order valence-electron chi connectivity index (χ1n) is 22.7. The molecule has 4 atom stereocenters. The van der Waals surface area contributed by atoms with Crippen LogP contribution < -0.4 is 16.4 Å². The summed E-state index contributed by atoms with van der Waals surface area (Å²) < 4.78 is 30.4. The third-order valence-corrected chi connectivity index (χ3v) is 15.0. The van der Waals surface area contributed by atoms with Crippen LogP contribution in [0.5, 0.6) is 0 Å². The summed E-state index contributed by atoms with van der Waals surface area (Å²) in [5.41, 5.74) is 15.8. The molecule has 2 amide bonds. The van der Waals surface area contributed by atoms with Crippen LogP contribution in [-0.4, -0.2) is 53.6 Å². The fourth-order valence-corrected chi connectivity index (χ4v) is 10.9. The number of nitrogens with one attached hydrogen (secondary N) is 2. The zero-order chi connectivity index (χ0) is 45.6. The highest BCUT2D eigenvalue weighted by molar-refractivity contribution is 5.90. The Balaban J connectivity index is 0.000000166. The molecule has 0 saturated heterocycles. The molecule has 0 aliphatic heterocycles. The summed E-state index contributed by atoms with van der Waals surface area (Å²) in [6.45, 7) is 6.77. The summed E-state index contributed by atoms with van der Waals surface area (Å²) in [5.74, 6) is -0.532. The van der Waals surface area contributed by atoms with Gasteiger partial charge in [0.2, 0.25) is 0 Å². The molecule has 4 aliphatic carbocycles. The summed E-state index contributed by atoms with van der Waals surface area (Å²) in [6.07, 6.45) is 15.3. The number of hydrogen-bond donors (Lipinski definition) is 5. The van der Waals surface area contributed by atoms with Gasteiger partial charge in [0.05, 0.1) is 46.4 Å². The second-order valence-corrected chi connectivity index (χ2v) is 18.6. The first-order chi connectivity index (χ1) is 31.2. The average molecular weight is 878 g/mol. The molecule has 6 aromatic rings. The van der Waals surface area contributed by atoms with E-state index in [1.54, 1.807) is 24.3 Å². The topological polar surface area (TPSA) is 143 Å². The normalized spacial score (nSPS) is 23.8. The van der Waals surface area contributed by atoms with E-state index in [2.05, 4.69) is 46.8 Å². The van der Waals surface area contributed by atoms with E-state index in [-0.39, 0.29) is 23.1 Å². The maximum Gasteiger partial charge on any atom is 0.319 e. The number of hydrogen-bond acceptors (Lipinski definition) is 6. The molecule has 6 N–H and O–H groups in total. The highest BCUT2D eigenvalue weighted by atomic mass is 19.1. The summed E-state index contributed by atoms with van der Waals surface area (Å²) in [4.78, 5) is 12.1. The van der Waals surface area contributed by atoms with Crippen molar-refractivity contribution in [2.45, 2.75) is 96.2 Å². The highest BCUT2D eigenvalue weighted by Crippen LogP contribution is 2.58. The molecule has 4 aromatic carbocycles. The molecule has 336 valence electrons. The van der Waals surface area contributed by atoms with Gasteiger partial charge in [0.15, 0.2) is 0 Å². The van der Waals surface area contributed by atoms with Gasteiger partial charge in [0.25, 0.3) is 0 Å². The maximum absolute atomic E-state index is 13.4. The second-order valence-electron chi connectivity index (χ2n) is 18.6. The number of urea groups is 1. The zero-order valence-electron chi connectivity index (χ0n) is 37.2. The van der Waals surface area contributed by atoms with Crippen LogP contribution in [0.1, 0.15) is 92.9 Å². The van der Waals surface area contributed by atoms with E-state index < -0.39 is 16.6 Å². The summed E-state index contributed by atoms with van der Waals surface area (Å²) in [7, 11) is 0. The average Bonchev–Trinajstić information content (AvgIpc) is 4.03. The van der Waals surface area contributed by atoms with Crippen LogP contribution >= 0.6 is 0 Å². The molecule has 0 bridgehead atoms. The Hall–Kier alpha value is -6.37. The number of amides is 2. The van der Waals surface area contributed by atoms with Crippen molar-refractivity contribution in [3.05, 3.63) is 166 Å². The number of nitrogen functional groups attached to an aromatic ring is 1. The number of aromatic nitrogens is 4. The van der Waals surface area contributed by atoms with Crippen LogP contribution in [0.15, 0.2) is 121 Å². The van der Waals surface area contributed by atoms with Gasteiger partial charge in [-0.2, -0.15) is 10.2 Å². The predicted octanol–water partition coefficient (Wildman–Crippen LogP) is 9.95. The van der Waals surface area contributed by atoms with Crippen molar-refractivity contribution >= 4 is 29.6 Å². The number of aryl methyl sites for hydroxylation is 2. The van der Waals surface area contributed by atoms with Gasteiger partial charge in [-0.15, -0.1) is 0 Å². The van der Waals surface area contributed by atoms with Gasteiger partial charge in [-0.05, 0) is 166 Å². The van der Waals surface area contributed by atoms with Crippen molar-refractivity contribution in [1.82, 2.24) is 24.9 Å². The van der Waals surface area contributed by atoms with Gasteiger partial charge in [-0.3, -0.25) is 0 Å². The Morgan fingerprint density at radius 2 is 1.15 bits per heavy atom. The monoisotopic (exact) mass is 877 g/mol. The second kappa shape index (κ2) is 17.2. The number of anilines is 2. The van der Waals surface area contributed by atoms with Gasteiger partial charge in [-0.1, -0.05) is 61.4 Å². The molecule has 10 nitrogen and oxygen atoms in total. The molecule has 12 heteroatoms. The maximum atomic E-state index is 13.4. The van der Waals surface area contributed by atoms with E-state index in [9.17, 15) is 23.8 Å². The molecule has 4 aliphatic rings. The van der Waals surface area contributed by atoms with Crippen LogP contribution in [0, 0.1) is 22.5 Å². The molecule has 2 heterocycles. The lowest BCUT2D eigenvalue weighted by Crippen LogP contribution is -2.45. The smallest absolute Gasteiger partial charge is 0.319 e. The molecule has 0 spiro atoms. The number of para-hydroxylation sites is 2. The number of carbonyl (C=O) groups excluding carboxylic acids is 1. The zero-order valence-corrected chi connectivity index (χ0v) is 37.2. The van der Waals surface area contributed by atoms with Gasteiger partial charge >= 0.3 is 6.03 Å². The van der Waals surface area contributed by atoms with Crippen molar-refractivity contribution < 1.29 is 23.8 Å². The number of aliphatic hydroxyl groups is 2. The quantitative estimate of drug-likeness (QED) is 0.0868. The Morgan fingerprint density at radius 1 is 0.692 bits per heavy atom. The highest BCUT2D eigenvalue weighted by Gasteiger charge is 2.56. The minimum Gasteiger partial charge on any atom is -0.399 e. The molecule has 65 heavy (non-hydrogen) atoms. The summed E-state index contributed by atoms with van der Waals surface area (Å²) in [6, 6.07) is 28.1. The van der Waals surface area contributed by atoms with Crippen molar-refractivity contribution in [3.8, 4) is 11.4 Å². The summed E-state index contributed by atoms with van der Waals surface area (Å²) in [5, 5.41) is 38.5. The fraction of sp³-hybridized carbons (Fsp3) is 0.340. The molecular weight excluding hydrogens is 821 g/mol. The molecular formula is C53H57F2N7O3. The van der Waals surface area contributed by atoms with E-state index in [0.29, 0.717) is 38.6 Å². The van der Waals surface area contributed by atoms with Crippen molar-refractivity contribution in [2.24, 2.45) is 10.8 Å². The van der Waals surface area contributed by atoms with Gasteiger partial charge in [-0.25, -0.2) is 22.9 Å². The number of fused-ring (bicyclic) bond motifs is 4. The lowest BCUT2D eigenvalue weighted by atomic mass is 9.65. The summed E-state index contributed by atoms with van der Waals surface area (Å²) >= 11 is 0. The molecule has 2 aromatic heterocycles. The van der Waals surface area contributed by atoms with Gasteiger partial charge in [0.1, 0.15) is 11.6 Å². The van der Waals surface area contributed by atoms with Crippen molar-refractivity contribution in [1.29, 1.82) is 0 Å². The van der Waals surface area contributed by atoms with Crippen LogP contribution in [0.3, 0.4) is 0 Å². The Bertz CT molecular complexity index is 2800. The third kappa shape index (κ3) is 8.07. The first kappa shape index (κ1) is 43.9. The van der Waals surface area contributed by atoms with Crippen LogP contribution in [0.25, 0.3) is 23.5 Å². The molecule has 10 rings (SSSR count). The number of carbonyl (C=O) groups is 1. The number of benzene rings is 4. The lowest BCUT2D eigenvalue weighted by molar-refractivity contribution is -0.0463. The molecule has 2 fully saturated rings. The van der Waals surface area contributed by atoms with Crippen molar-refractivity contribution in [3.63, 3.8) is 0 Å². The lowest BCUT2D eigenvalue weighted by Gasteiger charge is -2.42. The minimum atomic E-state index is -0.868. The van der Waals surface area contributed by atoms with Crippen LogP contribution in [0.4, 0.5) is 25.0 Å². The van der Waals surface area contributed by atoms with Gasteiger partial charge in [0, 0.05) is 28.7 Å². The Labute approximate surface area is 378 Å². The van der Waals surface area contributed by atoms with Gasteiger partial charge < -0.3 is 26.6 Å². The Kier molecular flexibility index (Phi) is 11.6. The van der Waals surface area contributed by atoms with E-state index >= 15 is 0 Å². The molecule has 0 radical (unpaired) electrons.